The van der Waals surface area contributed by atoms with Crippen LogP contribution in [0.3, 0.4) is 0 Å². The van der Waals surface area contributed by atoms with E-state index in [1.54, 1.807) is 68.6 Å². The number of methoxy groups -OCH3 is 1. The summed E-state index contributed by atoms with van der Waals surface area (Å²) in [5.74, 6) is 0.955. The molecule has 3 rings (SSSR count). The van der Waals surface area contributed by atoms with Crippen LogP contribution in [0.5, 0.6) is 11.5 Å². The molecule has 0 aliphatic carbocycles. The summed E-state index contributed by atoms with van der Waals surface area (Å²) >= 11 is 0. The molecule has 1 atom stereocenters. The Morgan fingerprint density at radius 3 is 2.10 bits per heavy atom. The van der Waals surface area contributed by atoms with Gasteiger partial charge in [-0.25, -0.2) is 0 Å². The first-order chi connectivity index (χ1) is 14.0. The second-order valence-corrected chi connectivity index (χ2v) is 6.65. The molecule has 5 nitrogen and oxygen atoms in total. The molecule has 1 N–H and O–H groups in total. The number of anilines is 1. The van der Waals surface area contributed by atoms with E-state index in [0.717, 1.165) is 5.56 Å². The van der Waals surface area contributed by atoms with Gasteiger partial charge in [-0.2, -0.15) is 0 Å². The van der Waals surface area contributed by atoms with Crippen LogP contribution in [0.25, 0.3) is 0 Å². The van der Waals surface area contributed by atoms with Crippen LogP contribution in [0.4, 0.5) is 5.69 Å². The molecular weight excluding hydrogens is 366 g/mol. The van der Waals surface area contributed by atoms with Crippen LogP contribution in [-0.2, 0) is 0 Å². The third-order valence-corrected chi connectivity index (χ3v) is 4.56. The van der Waals surface area contributed by atoms with Crippen LogP contribution in [0, 0.1) is 6.92 Å². The quantitative estimate of drug-likeness (QED) is 0.584. The minimum Gasteiger partial charge on any atom is -0.497 e. The molecule has 3 aromatic rings. The number of ether oxygens (including phenoxy) is 2. The zero-order chi connectivity index (χ0) is 20.8. The number of Topliss-reactive ketones (excluding diaryl/α,β-unsaturated/α-hetero) is 1. The Bertz CT molecular complexity index is 994. The number of benzene rings is 3. The van der Waals surface area contributed by atoms with Crippen LogP contribution in [0.2, 0.25) is 0 Å². The molecular formula is C24H23NO4. The van der Waals surface area contributed by atoms with Gasteiger partial charge >= 0.3 is 0 Å². The molecule has 148 valence electrons. The Labute approximate surface area is 170 Å². The molecule has 0 aromatic heterocycles. The van der Waals surface area contributed by atoms with Gasteiger partial charge in [0.15, 0.2) is 6.10 Å². The monoisotopic (exact) mass is 389 g/mol. The third kappa shape index (κ3) is 5.02. The van der Waals surface area contributed by atoms with Gasteiger partial charge in [0.25, 0.3) is 5.91 Å². The summed E-state index contributed by atoms with van der Waals surface area (Å²) in [4.78, 5) is 24.9. The predicted octanol–water partition coefficient (Wildman–Crippen LogP) is 4.91. The fourth-order valence-corrected chi connectivity index (χ4v) is 2.89. The largest absolute Gasteiger partial charge is 0.497 e. The van der Waals surface area contributed by atoms with Crippen molar-refractivity contribution in [2.24, 2.45) is 0 Å². The SMILES string of the molecule is COc1ccc(C(=O)[C@H](C)Oc2ccc(NC(=O)c3ccccc3C)cc2)cc1. The van der Waals surface area contributed by atoms with Crippen LogP contribution >= 0.6 is 0 Å². The summed E-state index contributed by atoms with van der Waals surface area (Å²) in [6.07, 6.45) is -0.643. The molecule has 0 heterocycles. The Hall–Kier alpha value is -3.60. The highest BCUT2D eigenvalue weighted by molar-refractivity contribution is 6.05. The zero-order valence-electron chi connectivity index (χ0n) is 16.6. The number of hydrogen-bond donors (Lipinski definition) is 1. The van der Waals surface area contributed by atoms with Gasteiger partial charge in [-0.3, -0.25) is 9.59 Å². The van der Waals surface area contributed by atoms with Crippen molar-refractivity contribution < 1.29 is 19.1 Å². The van der Waals surface area contributed by atoms with E-state index in [9.17, 15) is 9.59 Å². The van der Waals surface area contributed by atoms with Gasteiger partial charge in [-0.05, 0) is 74.0 Å². The Balaban J connectivity index is 1.61. The second kappa shape index (κ2) is 9.06. The van der Waals surface area contributed by atoms with Crippen LogP contribution < -0.4 is 14.8 Å². The number of aryl methyl sites for hydroxylation is 1. The molecule has 0 spiro atoms. The lowest BCUT2D eigenvalue weighted by atomic mass is 10.1. The number of ketones is 1. The molecule has 0 saturated heterocycles. The molecule has 1 amide bonds. The molecule has 5 heteroatoms. The van der Waals surface area contributed by atoms with Gasteiger partial charge in [0.1, 0.15) is 11.5 Å². The lowest BCUT2D eigenvalue weighted by molar-refractivity contribution is 0.0818. The summed E-state index contributed by atoms with van der Waals surface area (Å²) in [5.41, 5.74) is 2.75. The van der Waals surface area contributed by atoms with E-state index in [0.29, 0.717) is 28.3 Å². The zero-order valence-corrected chi connectivity index (χ0v) is 16.6. The van der Waals surface area contributed by atoms with E-state index in [4.69, 9.17) is 9.47 Å². The van der Waals surface area contributed by atoms with E-state index in [2.05, 4.69) is 5.32 Å². The van der Waals surface area contributed by atoms with E-state index in [1.165, 1.54) is 0 Å². The summed E-state index contributed by atoms with van der Waals surface area (Å²) in [6, 6.07) is 21.3. The van der Waals surface area contributed by atoms with Gasteiger partial charge < -0.3 is 14.8 Å². The topological polar surface area (TPSA) is 64.6 Å². The van der Waals surface area contributed by atoms with Crippen molar-refractivity contribution in [3.63, 3.8) is 0 Å². The molecule has 0 aliphatic rings. The van der Waals surface area contributed by atoms with Crippen LogP contribution in [0.15, 0.2) is 72.8 Å². The van der Waals surface area contributed by atoms with Crippen molar-refractivity contribution in [2.45, 2.75) is 20.0 Å². The summed E-state index contributed by atoms with van der Waals surface area (Å²) in [5, 5.41) is 2.87. The fraction of sp³-hybridized carbons (Fsp3) is 0.167. The minimum atomic E-state index is -0.643. The molecule has 3 aromatic carbocycles. The molecule has 0 bridgehead atoms. The number of nitrogens with one attached hydrogen (secondary N) is 1. The smallest absolute Gasteiger partial charge is 0.255 e. The highest BCUT2D eigenvalue weighted by Gasteiger charge is 2.17. The van der Waals surface area contributed by atoms with E-state index < -0.39 is 6.10 Å². The lowest BCUT2D eigenvalue weighted by Gasteiger charge is -2.14. The highest BCUT2D eigenvalue weighted by Crippen LogP contribution is 2.20. The number of hydrogen-bond acceptors (Lipinski definition) is 4. The van der Waals surface area contributed by atoms with E-state index in [1.807, 2.05) is 25.1 Å². The predicted molar refractivity (Wildman–Crippen MR) is 113 cm³/mol. The normalized spacial score (nSPS) is 11.4. The number of carbonyl (C=O) groups is 2. The maximum atomic E-state index is 12.5. The van der Waals surface area contributed by atoms with Gasteiger partial charge in [0.2, 0.25) is 5.78 Å². The van der Waals surface area contributed by atoms with E-state index >= 15 is 0 Å². The fourth-order valence-electron chi connectivity index (χ4n) is 2.89. The molecule has 29 heavy (non-hydrogen) atoms. The molecule has 0 saturated carbocycles. The van der Waals surface area contributed by atoms with Crippen molar-refractivity contribution >= 4 is 17.4 Å². The summed E-state index contributed by atoms with van der Waals surface area (Å²) in [7, 11) is 1.58. The van der Waals surface area contributed by atoms with Crippen LogP contribution in [-0.4, -0.2) is 24.9 Å². The minimum absolute atomic E-state index is 0.121. The molecule has 0 unspecified atom stereocenters. The van der Waals surface area contributed by atoms with Crippen molar-refractivity contribution in [1.29, 1.82) is 0 Å². The van der Waals surface area contributed by atoms with Crippen molar-refractivity contribution in [1.82, 2.24) is 0 Å². The maximum Gasteiger partial charge on any atom is 0.255 e. The third-order valence-electron chi connectivity index (χ3n) is 4.56. The van der Waals surface area contributed by atoms with E-state index in [-0.39, 0.29) is 11.7 Å². The second-order valence-electron chi connectivity index (χ2n) is 6.65. The van der Waals surface area contributed by atoms with Crippen LogP contribution in [0.1, 0.15) is 33.2 Å². The molecule has 0 aliphatic heterocycles. The molecule has 0 radical (unpaired) electrons. The Morgan fingerprint density at radius 2 is 1.48 bits per heavy atom. The average molecular weight is 389 g/mol. The first-order valence-electron chi connectivity index (χ1n) is 9.30. The van der Waals surface area contributed by atoms with Gasteiger partial charge in [0, 0.05) is 16.8 Å². The van der Waals surface area contributed by atoms with Crippen molar-refractivity contribution in [3.05, 3.63) is 89.5 Å². The first-order valence-corrected chi connectivity index (χ1v) is 9.30. The first kappa shape index (κ1) is 20.1. The van der Waals surface area contributed by atoms with Crippen molar-refractivity contribution in [3.8, 4) is 11.5 Å². The lowest BCUT2D eigenvalue weighted by Crippen LogP contribution is -2.23. The van der Waals surface area contributed by atoms with Gasteiger partial charge in [-0.15, -0.1) is 0 Å². The Kier molecular flexibility index (Phi) is 6.29. The highest BCUT2D eigenvalue weighted by atomic mass is 16.5. The summed E-state index contributed by atoms with van der Waals surface area (Å²) in [6.45, 7) is 3.60. The number of amides is 1. The average Bonchev–Trinajstić information content (AvgIpc) is 2.75. The van der Waals surface area contributed by atoms with Gasteiger partial charge in [-0.1, -0.05) is 18.2 Å². The Morgan fingerprint density at radius 1 is 0.862 bits per heavy atom. The van der Waals surface area contributed by atoms with Gasteiger partial charge in [0.05, 0.1) is 7.11 Å². The van der Waals surface area contributed by atoms with Crippen molar-refractivity contribution in [2.75, 3.05) is 12.4 Å². The maximum absolute atomic E-state index is 12.5. The summed E-state index contributed by atoms with van der Waals surface area (Å²) < 4.78 is 10.9. The number of rotatable bonds is 7. The number of carbonyl (C=O) groups excluding carboxylic acids is 2. The standard InChI is InChI=1S/C24H23NO4/c1-16-6-4-5-7-22(16)24(27)25-19-10-14-21(15-11-19)29-17(2)23(26)18-8-12-20(28-3)13-9-18/h4-15,17H,1-3H3,(H,25,27)/t17-/m0/s1. The molecule has 0 fully saturated rings.